The van der Waals surface area contributed by atoms with Gasteiger partial charge >= 0.3 is 5.97 Å². The van der Waals surface area contributed by atoms with Gasteiger partial charge in [0.25, 0.3) is 0 Å². The molecule has 0 fully saturated rings. The minimum Gasteiger partial charge on any atom is -0.477 e. The number of rotatable bonds is 4. The van der Waals surface area contributed by atoms with E-state index in [0.29, 0.717) is 24.7 Å². The summed E-state index contributed by atoms with van der Waals surface area (Å²) in [5.74, 6) is -0.0427. The zero-order valence-corrected chi connectivity index (χ0v) is 11.4. The van der Waals surface area contributed by atoms with Gasteiger partial charge in [0.2, 0.25) is 5.88 Å². The summed E-state index contributed by atoms with van der Waals surface area (Å²) in [6.45, 7) is 6.32. The van der Waals surface area contributed by atoms with Gasteiger partial charge in [0.1, 0.15) is 5.56 Å². The van der Waals surface area contributed by atoms with E-state index in [1.807, 2.05) is 38.1 Å². The fraction of sp³-hybridized carbons (Fsp3) is 0.333. The van der Waals surface area contributed by atoms with Crippen LogP contribution < -0.4 is 4.74 Å². The van der Waals surface area contributed by atoms with E-state index in [1.54, 1.807) is 6.92 Å². The first-order chi connectivity index (χ1) is 9.19. The summed E-state index contributed by atoms with van der Waals surface area (Å²) in [5.41, 5.74) is 2.08. The van der Waals surface area contributed by atoms with Gasteiger partial charge in [0, 0.05) is 5.39 Å². The molecule has 0 N–H and O–H groups in total. The second kappa shape index (κ2) is 5.69. The van der Waals surface area contributed by atoms with Crippen molar-refractivity contribution in [2.75, 3.05) is 13.2 Å². The van der Waals surface area contributed by atoms with Crippen LogP contribution in [0.3, 0.4) is 0 Å². The number of benzene rings is 1. The molecule has 0 bridgehead atoms. The van der Waals surface area contributed by atoms with Crippen LogP contribution in [0.25, 0.3) is 10.9 Å². The van der Waals surface area contributed by atoms with E-state index in [1.165, 1.54) is 0 Å². The van der Waals surface area contributed by atoms with E-state index in [4.69, 9.17) is 9.47 Å². The number of esters is 1. The average molecular weight is 259 g/mol. The SMILES string of the molecule is CCOC(=O)c1c(OCC)nc2ccccc2c1C. The Morgan fingerprint density at radius 3 is 2.63 bits per heavy atom. The van der Waals surface area contributed by atoms with E-state index in [0.717, 1.165) is 16.5 Å². The molecular formula is C15H17NO3. The second-order valence-corrected chi connectivity index (χ2v) is 4.09. The lowest BCUT2D eigenvalue weighted by Crippen LogP contribution is -2.11. The van der Waals surface area contributed by atoms with Crippen molar-refractivity contribution in [1.82, 2.24) is 4.98 Å². The highest BCUT2D eigenvalue weighted by atomic mass is 16.5. The number of hydrogen-bond acceptors (Lipinski definition) is 4. The molecule has 0 aliphatic rings. The first-order valence-corrected chi connectivity index (χ1v) is 6.38. The number of carbonyl (C=O) groups is 1. The number of nitrogens with zero attached hydrogens (tertiary/aromatic N) is 1. The Balaban J connectivity index is 2.67. The van der Waals surface area contributed by atoms with Gasteiger partial charge < -0.3 is 9.47 Å². The molecule has 1 heterocycles. The van der Waals surface area contributed by atoms with Crippen LogP contribution in [0, 0.1) is 6.92 Å². The topological polar surface area (TPSA) is 48.4 Å². The second-order valence-electron chi connectivity index (χ2n) is 4.09. The molecule has 0 amide bonds. The highest BCUT2D eigenvalue weighted by molar-refractivity contribution is 5.99. The van der Waals surface area contributed by atoms with Crippen LogP contribution in [0.15, 0.2) is 24.3 Å². The fourth-order valence-corrected chi connectivity index (χ4v) is 2.03. The molecule has 0 unspecified atom stereocenters. The highest BCUT2D eigenvalue weighted by Gasteiger charge is 2.20. The van der Waals surface area contributed by atoms with Crippen LogP contribution in [0.4, 0.5) is 0 Å². The van der Waals surface area contributed by atoms with Crippen LogP contribution in [0.1, 0.15) is 29.8 Å². The molecule has 0 radical (unpaired) electrons. The Morgan fingerprint density at radius 2 is 1.95 bits per heavy atom. The van der Waals surface area contributed by atoms with E-state index in [-0.39, 0.29) is 5.97 Å². The minimum atomic E-state index is -0.387. The smallest absolute Gasteiger partial charge is 0.343 e. The zero-order chi connectivity index (χ0) is 13.8. The van der Waals surface area contributed by atoms with E-state index in [9.17, 15) is 4.79 Å². The molecule has 2 aromatic rings. The molecule has 100 valence electrons. The van der Waals surface area contributed by atoms with Crippen molar-refractivity contribution >= 4 is 16.9 Å². The van der Waals surface area contributed by atoms with Gasteiger partial charge in [0.15, 0.2) is 0 Å². The number of carbonyl (C=O) groups excluding carboxylic acids is 1. The number of fused-ring (bicyclic) bond motifs is 1. The molecule has 4 nitrogen and oxygen atoms in total. The third kappa shape index (κ3) is 2.52. The van der Waals surface area contributed by atoms with E-state index >= 15 is 0 Å². The van der Waals surface area contributed by atoms with Gasteiger partial charge in [-0.15, -0.1) is 0 Å². The average Bonchev–Trinajstić information content (AvgIpc) is 2.39. The predicted octanol–water partition coefficient (Wildman–Crippen LogP) is 3.12. The lowest BCUT2D eigenvalue weighted by Gasteiger charge is -2.13. The van der Waals surface area contributed by atoms with Gasteiger partial charge in [-0.25, -0.2) is 9.78 Å². The quantitative estimate of drug-likeness (QED) is 0.791. The number of pyridine rings is 1. The monoisotopic (exact) mass is 259 g/mol. The Labute approximate surface area is 112 Å². The van der Waals surface area contributed by atoms with Gasteiger partial charge in [-0.05, 0) is 32.4 Å². The summed E-state index contributed by atoms with van der Waals surface area (Å²) in [4.78, 5) is 16.5. The van der Waals surface area contributed by atoms with Crippen LogP contribution in [0.5, 0.6) is 5.88 Å². The first-order valence-electron chi connectivity index (χ1n) is 6.38. The molecule has 0 atom stereocenters. The van der Waals surface area contributed by atoms with Crippen LogP contribution in [-0.4, -0.2) is 24.2 Å². The molecule has 0 saturated carbocycles. The van der Waals surface area contributed by atoms with Crippen LogP contribution in [0.2, 0.25) is 0 Å². The molecule has 1 aromatic heterocycles. The van der Waals surface area contributed by atoms with Crippen molar-refractivity contribution in [3.63, 3.8) is 0 Å². The molecule has 2 rings (SSSR count). The predicted molar refractivity (Wildman–Crippen MR) is 73.6 cm³/mol. The minimum absolute atomic E-state index is 0.330. The Morgan fingerprint density at radius 1 is 1.21 bits per heavy atom. The highest BCUT2D eigenvalue weighted by Crippen LogP contribution is 2.28. The molecule has 0 saturated heterocycles. The molecular weight excluding hydrogens is 242 g/mol. The lowest BCUT2D eigenvalue weighted by molar-refractivity contribution is 0.0520. The number of ether oxygens (including phenoxy) is 2. The van der Waals surface area contributed by atoms with Crippen LogP contribution >= 0.6 is 0 Å². The molecule has 0 aliphatic heterocycles. The number of para-hydroxylation sites is 1. The largest absolute Gasteiger partial charge is 0.477 e. The van der Waals surface area contributed by atoms with Gasteiger partial charge in [-0.3, -0.25) is 0 Å². The summed E-state index contributed by atoms with van der Waals surface area (Å²) >= 11 is 0. The summed E-state index contributed by atoms with van der Waals surface area (Å²) < 4.78 is 10.6. The summed E-state index contributed by atoms with van der Waals surface area (Å²) in [6, 6.07) is 7.68. The normalized spacial score (nSPS) is 10.5. The molecule has 1 aromatic carbocycles. The Bertz CT molecular complexity index is 608. The van der Waals surface area contributed by atoms with Gasteiger partial charge in [-0.1, -0.05) is 18.2 Å². The van der Waals surface area contributed by atoms with Crippen molar-refractivity contribution in [3.8, 4) is 5.88 Å². The zero-order valence-electron chi connectivity index (χ0n) is 11.4. The van der Waals surface area contributed by atoms with Crippen molar-refractivity contribution in [2.24, 2.45) is 0 Å². The van der Waals surface area contributed by atoms with Crippen molar-refractivity contribution in [3.05, 3.63) is 35.4 Å². The van der Waals surface area contributed by atoms with Crippen molar-refractivity contribution in [1.29, 1.82) is 0 Å². The number of aromatic nitrogens is 1. The third-order valence-electron chi connectivity index (χ3n) is 2.88. The summed E-state index contributed by atoms with van der Waals surface area (Å²) in [6.07, 6.45) is 0. The van der Waals surface area contributed by atoms with E-state index < -0.39 is 0 Å². The molecule has 19 heavy (non-hydrogen) atoms. The molecule has 0 aliphatic carbocycles. The Hall–Kier alpha value is -2.10. The Kier molecular flexibility index (Phi) is 4.00. The van der Waals surface area contributed by atoms with Crippen LogP contribution in [-0.2, 0) is 4.74 Å². The van der Waals surface area contributed by atoms with E-state index in [2.05, 4.69) is 4.98 Å². The summed E-state index contributed by atoms with van der Waals surface area (Å²) in [5, 5.41) is 0.939. The first kappa shape index (κ1) is 13.3. The third-order valence-corrected chi connectivity index (χ3v) is 2.88. The standard InChI is InChI=1S/C15H17NO3/c1-4-18-14-13(15(17)19-5-2)10(3)11-8-6-7-9-12(11)16-14/h6-9H,4-5H2,1-3H3. The number of aryl methyl sites for hydroxylation is 1. The number of hydrogen-bond donors (Lipinski definition) is 0. The maximum atomic E-state index is 12.1. The molecule has 4 heteroatoms. The fourth-order valence-electron chi connectivity index (χ4n) is 2.03. The lowest BCUT2D eigenvalue weighted by atomic mass is 10.0. The summed E-state index contributed by atoms with van der Waals surface area (Å²) in [7, 11) is 0. The van der Waals surface area contributed by atoms with Gasteiger partial charge in [-0.2, -0.15) is 0 Å². The molecule has 0 spiro atoms. The van der Waals surface area contributed by atoms with Gasteiger partial charge in [0.05, 0.1) is 18.7 Å². The maximum Gasteiger partial charge on any atom is 0.343 e. The van der Waals surface area contributed by atoms with Crippen molar-refractivity contribution in [2.45, 2.75) is 20.8 Å². The van der Waals surface area contributed by atoms with Crippen molar-refractivity contribution < 1.29 is 14.3 Å². The maximum absolute atomic E-state index is 12.1.